The molecule has 2 aromatic carbocycles. The van der Waals surface area contributed by atoms with E-state index in [0.29, 0.717) is 23.1 Å². The maximum atomic E-state index is 12.3. The van der Waals surface area contributed by atoms with Crippen molar-refractivity contribution in [2.45, 2.75) is 19.0 Å². The number of H-pyrrole nitrogens is 1. The number of benzene rings is 2. The van der Waals surface area contributed by atoms with Crippen LogP contribution in [0.5, 0.6) is 11.6 Å². The van der Waals surface area contributed by atoms with Gasteiger partial charge in [0.15, 0.2) is 5.16 Å². The molecule has 2 N–H and O–H groups in total. The minimum absolute atomic E-state index is 0.182. The van der Waals surface area contributed by atoms with Crippen LogP contribution in [0.1, 0.15) is 11.1 Å². The maximum Gasteiger partial charge on any atom is 0.263 e. The van der Waals surface area contributed by atoms with Crippen molar-refractivity contribution in [2.75, 3.05) is 12.4 Å². The first-order valence-electron chi connectivity index (χ1n) is 8.26. The second kappa shape index (κ2) is 8.10. The minimum atomic E-state index is -0.360. The zero-order valence-corrected chi connectivity index (χ0v) is 15.5. The van der Waals surface area contributed by atoms with Gasteiger partial charge in [-0.3, -0.25) is 4.79 Å². The molecule has 0 atom stereocenters. The predicted octanol–water partition coefficient (Wildman–Crippen LogP) is 3.93. The number of rotatable bonds is 6. The first-order valence-corrected chi connectivity index (χ1v) is 9.24. The van der Waals surface area contributed by atoms with Crippen LogP contribution in [0.25, 0.3) is 11.1 Å². The molecule has 6 heteroatoms. The van der Waals surface area contributed by atoms with Crippen LogP contribution in [-0.2, 0) is 0 Å². The average molecular weight is 368 g/mol. The van der Waals surface area contributed by atoms with E-state index < -0.39 is 0 Å². The highest BCUT2D eigenvalue weighted by molar-refractivity contribution is 7.99. The van der Waals surface area contributed by atoms with Crippen molar-refractivity contribution in [1.29, 1.82) is 0 Å². The molecule has 134 valence electrons. The van der Waals surface area contributed by atoms with E-state index in [1.54, 1.807) is 24.3 Å². The van der Waals surface area contributed by atoms with Crippen LogP contribution < -0.4 is 10.3 Å². The molecule has 0 aliphatic carbocycles. The van der Waals surface area contributed by atoms with E-state index in [0.717, 1.165) is 5.75 Å². The Bertz CT molecular complexity index is 955. The van der Waals surface area contributed by atoms with Crippen LogP contribution in [0, 0.1) is 13.8 Å². The molecule has 0 spiro atoms. The van der Waals surface area contributed by atoms with Crippen LogP contribution in [-0.4, -0.2) is 27.4 Å². The molecule has 0 aliphatic heterocycles. The largest absolute Gasteiger partial charge is 0.493 e. The van der Waals surface area contributed by atoms with E-state index in [-0.39, 0.29) is 17.0 Å². The quantitative estimate of drug-likeness (QED) is 0.392. The SMILES string of the molecule is Cc1ccc(OCCSc2nc(O)c(-c3ccccc3)c(=O)[nH]2)cc1C. The maximum absolute atomic E-state index is 12.3. The molecule has 5 nitrogen and oxygen atoms in total. The number of nitrogens with zero attached hydrogens (tertiary/aromatic N) is 1. The summed E-state index contributed by atoms with van der Waals surface area (Å²) < 4.78 is 5.71. The third-order valence-corrected chi connectivity index (χ3v) is 4.85. The van der Waals surface area contributed by atoms with Crippen molar-refractivity contribution in [3.63, 3.8) is 0 Å². The van der Waals surface area contributed by atoms with Crippen molar-refractivity contribution in [2.24, 2.45) is 0 Å². The molecule has 0 fully saturated rings. The van der Waals surface area contributed by atoms with E-state index in [1.165, 1.54) is 22.9 Å². The fraction of sp³-hybridized carbons (Fsp3) is 0.200. The monoisotopic (exact) mass is 368 g/mol. The molecule has 1 aromatic heterocycles. The number of ether oxygens (including phenoxy) is 1. The number of aromatic amines is 1. The van der Waals surface area contributed by atoms with E-state index in [9.17, 15) is 9.90 Å². The second-order valence-electron chi connectivity index (χ2n) is 5.88. The summed E-state index contributed by atoms with van der Waals surface area (Å²) in [6.07, 6.45) is 0. The molecular weight excluding hydrogens is 348 g/mol. The number of aromatic nitrogens is 2. The summed E-state index contributed by atoms with van der Waals surface area (Å²) in [6.45, 7) is 4.57. The third kappa shape index (κ3) is 4.26. The van der Waals surface area contributed by atoms with E-state index in [4.69, 9.17) is 4.74 Å². The Morgan fingerprint density at radius 3 is 2.58 bits per heavy atom. The van der Waals surface area contributed by atoms with Crippen molar-refractivity contribution in [3.05, 3.63) is 70.0 Å². The number of nitrogens with one attached hydrogen (secondary N) is 1. The molecular formula is C20H20N2O3S. The van der Waals surface area contributed by atoms with Crippen molar-refractivity contribution < 1.29 is 9.84 Å². The first kappa shape index (κ1) is 18.1. The lowest BCUT2D eigenvalue weighted by Gasteiger charge is -2.09. The summed E-state index contributed by atoms with van der Waals surface area (Å²) in [7, 11) is 0. The van der Waals surface area contributed by atoms with Gasteiger partial charge in [-0.15, -0.1) is 0 Å². The fourth-order valence-electron chi connectivity index (χ4n) is 2.48. The Balaban J connectivity index is 1.62. The lowest BCUT2D eigenvalue weighted by molar-refractivity contribution is 0.343. The number of hydrogen-bond donors (Lipinski definition) is 2. The highest BCUT2D eigenvalue weighted by atomic mass is 32.2. The van der Waals surface area contributed by atoms with Gasteiger partial charge < -0.3 is 14.8 Å². The molecule has 0 radical (unpaired) electrons. The molecule has 1 heterocycles. The summed E-state index contributed by atoms with van der Waals surface area (Å²) >= 11 is 1.33. The molecule has 0 saturated carbocycles. The Hall–Kier alpha value is -2.73. The molecule has 26 heavy (non-hydrogen) atoms. The second-order valence-corrected chi connectivity index (χ2v) is 6.96. The highest BCUT2D eigenvalue weighted by Gasteiger charge is 2.13. The van der Waals surface area contributed by atoms with Crippen LogP contribution in [0.2, 0.25) is 0 Å². The topological polar surface area (TPSA) is 75.2 Å². The van der Waals surface area contributed by atoms with Crippen molar-refractivity contribution in [1.82, 2.24) is 9.97 Å². The van der Waals surface area contributed by atoms with Crippen LogP contribution in [0.15, 0.2) is 58.5 Å². The van der Waals surface area contributed by atoms with Gasteiger partial charge in [0, 0.05) is 5.75 Å². The zero-order chi connectivity index (χ0) is 18.5. The zero-order valence-electron chi connectivity index (χ0n) is 14.7. The molecule has 0 amide bonds. The average Bonchev–Trinajstić information content (AvgIpc) is 2.62. The molecule has 3 aromatic rings. The summed E-state index contributed by atoms with van der Waals surface area (Å²) in [5.74, 6) is 1.15. The third-order valence-electron chi connectivity index (χ3n) is 4.01. The summed E-state index contributed by atoms with van der Waals surface area (Å²) in [5, 5.41) is 10.5. The van der Waals surface area contributed by atoms with Gasteiger partial charge in [0.25, 0.3) is 5.56 Å². The van der Waals surface area contributed by atoms with E-state index >= 15 is 0 Å². The number of aromatic hydroxyl groups is 1. The molecule has 0 saturated heterocycles. The molecule has 3 rings (SSSR count). The van der Waals surface area contributed by atoms with Gasteiger partial charge in [-0.1, -0.05) is 48.2 Å². The fourth-order valence-corrected chi connectivity index (χ4v) is 3.15. The standard InChI is InChI=1S/C20H20N2O3S/c1-13-8-9-16(12-14(13)2)25-10-11-26-20-21-18(23)17(19(24)22-20)15-6-4-3-5-7-15/h3-9,12H,10-11H2,1-2H3,(H2,21,22,23,24). The van der Waals surface area contributed by atoms with Crippen LogP contribution >= 0.6 is 11.8 Å². The Morgan fingerprint density at radius 2 is 1.88 bits per heavy atom. The van der Waals surface area contributed by atoms with Gasteiger partial charge in [-0.2, -0.15) is 4.98 Å². The summed E-state index contributed by atoms with van der Waals surface area (Å²) in [4.78, 5) is 19.1. The van der Waals surface area contributed by atoms with Gasteiger partial charge in [-0.25, -0.2) is 0 Å². The Kier molecular flexibility index (Phi) is 5.63. The van der Waals surface area contributed by atoms with E-state index in [2.05, 4.69) is 16.9 Å². The van der Waals surface area contributed by atoms with Gasteiger partial charge in [-0.05, 0) is 42.7 Å². The van der Waals surface area contributed by atoms with Gasteiger partial charge in [0.05, 0.1) is 6.61 Å². The summed E-state index contributed by atoms with van der Waals surface area (Å²) in [6, 6.07) is 14.9. The molecule has 0 unspecified atom stereocenters. The van der Waals surface area contributed by atoms with E-state index in [1.807, 2.05) is 31.2 Å². The van der Waals surface area contributed by atoms with Gasteiger partial charge in [0.1, 0.15) is 11.3 Å². The van der Waals surface area contributed by atoms with Gasteiger partial charge >= 0.3 is 0 Å². The summed E-state index contributed by atoms with van der Waals surface area (Å²) in [5.41, 5.74) is 2.86. The normalized spacial score (nSPS) is 10.7. The number of hydrogen-bond acceptors (Lipinski definition) is 5. The number of aryl methyl sites for hydroxylation is 2. The van der Waals surface area contributed by atoms with Crippen LogP contribution in [0.3, 0.4) is 0 Å². The molecule has 0 aliphatic rings. The van der Waals surface area contributed by atoms with Crippen LogP contribution in [0.4, 0.5) is 0 Å². The lowest BCUT2D eigenvalue weighted by atomic mass is 10.1. The molecule has 0 bridgehead atoms. The first-order chi connectivity index (χ1) is 12.5. The Labute approximate surface area is 156 Å². The minimum Gasteiger partial charge on any atom is -0.493 e. The van der Waals surface area contributed by atoms with Crippen molar-refractivity contribution in [3.8, 4) is 22.8 Å². The predicted molar refractivity (Wildman–Crippen MR) is 104 cm³/mol. The lowest BCUT2D eigenvalue weighted by Crippen LogP contribution is -2.12. The Morgan fingerprint density at radius 1 is 1.12 bits per heavy atom. The smallest absolute Gasteiger partial charge is 0.263 e. The number of thioether (sulfide) groups is 1. The van der Waals surface area contributed by atoms with Crippen molar-refractivity contribution >= 4 is 11.8 Å². The highest BCUT2D eigenvalue weighted by Crippen LogP contribution is 2.25. The van der Waals surface area contributed by atoms with Gasteiger partial charge in [0.2, 0.25) is 5.88 Å².